The maximum atomic E-state index is 9.69. The summed E-state index contributed by atoms with van der Waals surface area (Å²) in [4.78, 5) is 4.16. The highest BCUT2D eigenvalue weighted by Crippen LogP contribution is 2.31. The summed E-state index contributed by atoms with van der Waals surface area (Å²) in [7, 11) is 0. The first-order valence-corrected chi connectivity index (χ1v) is 6.44. The van der Waals surface area contributed by atoms with Crippen LogP contribution < -0.4 is 4.74 Å². The van der Waals surface area contributed by atoms with Gasteiger partial charge in [-0.05, 0) is 56.2 Å². The van der Waals surface area contributed by atoms with Gasteiger partial charge in [0, 0.05) is 16.8 Å². The van der Waals surface area contributed by atoms with Crippen molar-refractivity contribution in [1.29, 1.82) is 0 Å². The van der Waals surface area contributed by atoms with E-state index in [9.17, 15) is 5.11 Å². The van der Waals surface area contributed by atoms with E-state index in [1.54, 1.807) is 25.3 Å². The minimum absolute atomic E-state index is 0.415. The van der Waals surface area contributed by atoms with Crippen molar-refractivity contribution < 1.29 is 9.84 Å². The summed E-state index contributed by atoms with van der Waals surface area (Å²) in [5.74, 6) is 1.08. The van der Waals surface area contributed by atoms with Gasteiger partial charge in [0.1, 0.15) is 5.75 Å². The van der Waals surface area contributed by atoms with Crippen LogP contribution in [0.4, 0.5) is 0 Å². The first kappa shape index (κ1) is 13.8. The molecule has 1 aromatic heterocycles. The molecule has 3 nitrogen and oxygen atoms in total. The number of aryl methyl sites for hydroxylation is 2. The zero-order valence-corrected chi connectivity index (χ0v) is 11.9. The monoisotopic (exact) mass is 277 g/mol. The first-order chi connectivity index (χ1) is 8.99. The highest BCUT2D eigenvalue weighted by molar-refractivity contribution is 6.32. The number of rotatable bonds is 3. The van der Waals surface area contributed by atoms with Gasteiger partial charge >= 0.3 is 0 Å². The topological polar surface area (TPSA) is 42.4 Å². The fraction of sp³-hybridized carbons (Fsp3) is 0.267. The normalized spacial score (nSPS) is 12.3. The zero-order valence-electron chi connectivity index (χ0n) is 11.1. The Morgan fingerprint density at radius 2 is 1.89 bits per heavy atom. The predicted molar refractivity (Wildman–Crippen MR) is 75.9 cm³/mol. The first-order valence-electron chi connectivity index (χ1n) is 6.06. The summed E-state index contributed by atoms with van der Waals surface area (Å²) in [6.45, 7) is 5.54. The van der Waals surface area contributed by atoms with E-state index in [0.717, 1.165) is 16.1 Å². The molecule has 0 radical (unpaired) electrons. The molecule has 0 aliphatic carbocycles. The number of aromatic nitrogens is 1. The molecule has 19 heavy (non-hydrogen) atoms. The average Bonchev–Trinajstić information content (AvgIpc) is 2.36. The third-order valence-electron chi connectivity index (χ3n) is 2.88. The summed E-state index contributed by atoms with van der Waals surface area (Å²) in [5.41, 5.74) is 2.56. The van der Waals surface area contributed by atoms with Crippen LogP contribution in [0, 0.1) is 13.8 Å². The molecule has 2 rings (SSSR count). The summed E-state index contributed by atoms with van der Waals surface area (Å²) >= 11 is 6.12. The second kappa shape index (κ2) is 5.59. The maximum absolute atomic E-state index is 9.69. The molecular weight excluding hydrogens is 262 g/mol. The lowest BCUT2D eigenvalue weighted by molar-refractivity contribution is 0.194. The van der Waals surface area contributed by atoms with E-state index in [2.05, 4.69) is 4.98 Å². The fourth-order valence-corrected chi connectivity index (χ4v) is 1.99. The Bertz CT molecular complexity index is 573. The Kier molecular flexibility index (Phi) is 4.08. The number of aliphatic hydroxyl groups is 1. The minimum atomic E-state index is -0.627. The van der Waals surface area contributed by atoms with Gasteiger partial charge < -0.3 is 9.84 Å². The number of pyridine rings is 1. The van der Waals surface area contributed by atoms with Gasteiger partial charge in [-0.15, -0.1) is 0 Å². The van der Waals surface area contributed by atoms with Gasteiger partial charge in [-0.2, -0.15) is 0 Å². The Morgan fingerprint density at radius 1 is 1.26 bits per heavy atom. The molecule has 0 saturated carbocycles. The quantitative estimate of drug-likeness (QED) is 0.914. The number of benzene rings is 1. The number of hydrogen-bond donors (Lipinski definition) is 1. The number of ether oxygens (including phenoxy) is 1. The van der Waals surface area contributed by atoms with Crippen LogP contribution in [-0.2, 0) is 0 Å². The summed E-state index contributed by atoms with van der Waals surface area (Å²) in [5, 5.41) is 10.4. The molecule has 1 heterocycles. The van der Waals surface area contributed by atoms with Crippen molar-refractivity contribution in [3.63, 3.8) is 0 Å². The smallest absolute Gasteiger partial charge is 0.225 e. The van der Waals surface area contributed by atoms with Crippen molar-refractivity contribution in [3.8, 4) is 11.6 Å². The van der Waals surface area contributed by atoms with Crippen LogP contribution in [0.2, 0.25) is 5.02 Å². The van der Waals surface area contributed by atoms with Crippen molar-refractivity contribution in [1.82, 2.24) is 4.98 Å². The summed E-state index contributed by atoms with van der Waals surface area (Å²) in [6.07, 6.45) is 1.01. The van der Waals surface area contributed by atoms with Gasteiger partial charge in [-0.1, -0.05) is 11.6 Å². The third-order valence-corrected chi connectivity index (χ3v) is 3.47. The lowest BCUT2D eigenvalue weighted by Crippen LogP contribution is -1.98. The summed E-state index contributed by atoms with van der Waals surface area (Å²) < 4.78 is 5.76. The Labute approximate surface area is 117 Å². The number of hydrogen-bond acceptors (Lipinski definition) is 3. The van der Waals surface area contributed by atoms with Crippen molar-refractivity contribution in [2.75, 3.05) is 0 Å². The fourth-order valence-electron chi connectivity index (χ4n) is 1.88. The Morgan fingerprint density at radius 3 is 2.47 bits per heavy atom. The van der Waals surface area contributed by atoms with E-state index >= 15 is 0 Å². The number of aliphatic hydroxyl groups excluding tert-OH is 1. The molecule has 1 atom stereocenters. The molecule has 0 saturated heterocycles. The van der Waals surface area contributed by atoms with Gasteiger partial charge in [-0.25, -0.2) is 4.98 Å². The molecule has 0 amide bonds. The van der Waals surface area contributed by atoms with Gasteiger partial charge in [0.2, 0.25) is 5.88 Å². The van der Waals surface area contributed by atoms with Crippen LogP contribution in [0.15, 0.2) is 30.5 Å². The Balaban J connectivity index is 2.37. The van der Waals surface area contributed by atoms with Crippen molar-refractivity contribution >= 4 is 11.6 Å². The van der Waals surface area contributed by atoms with Crippen molar-refractivity contribution in [3.05, 3.63) is 52.2 Å². The molecule has 1 N–H and O–H groups in total. The molecule has 0 fully saturated rings. The van der Waals surface area contributed by atoms with E-state index in [1.165, 1.54) is 0 Å². The molecular formula is C15H16ClNO2. The molecule has 1 unspecified atom stereocenters. The molecule has 0 bridgehead atoms. The van der Waals surface area contributed by atoms with E-state index in [4.69, 9.17) is 16.3 Å². The second-order valence-electron chi connectivity index (χ2n) is 4.55. The SMILES string of the molecule is Cc1cc(Oc2ncccc2C(C)O)cc(C)c1Cl. The van der Waals surface area contributed by atoms with Crippen molar-refractivity contribution in [2.24, 2.45) is 0 Å². The van der Waals surface area contributed by atoms with Crippen LogP contribution >= 0.6 is 11.6 Å². The molecule has 4 heteroatoms. The van der Waals surface area contributed by atoms with Crippen LogP contribution in [-0.4, -0.2) is 10.1 Å². The number of nitrogens with zero attached hydrogens (tertiary/aromatic N) is 1. The van der Waals surface area contributed by atoms with Crippen LogP contribution in [0.5, 0.6) is 11.6 Å². The molecule has 0 aliphatic heterocycles. The van der Waals surface area contributed by atoms with E-state index in [-0.39, 0.29) is 0 Å². The largest absolute Gasteiger partial charge is 0.439 e. The third kappa shape index (κ3) is 3.06. The predicted octanol–water partition coefficient (Wildman–Crippen LogP) is 4.20. The van der Waals surface area contributed by atoms with E-state index in [0.29, 0.717) is 17.2 Å². The van der Waals surface area contributed by atoms with E-state index in [1.807, 2.05) is 26.0 Å². The molecule has 100 valence electrons. The van der Waals surface area contributed by atoms with Gasteiger partial charge in [0.15, 0.2) is 0 Å². The van der Waals surface area contributed by atoms with Crippen LogP contribution in [0.25, 0.3) is 0 Å². The molecule has 0 aliphatic rings. The average molecular weight is 278 g/mol. The minimum Gasteiger partial charge on any atom is -0.439 e. The molecule has 0 spiro atoms. The summed E-state index contributed by atoms with van der Waals surface area (Å²) in [6, 6.07) is 7.28. The lowest BCUT2D eigenvalue weighted by Gasteiger charge is -2.13. The highest BCUT2D eigenvalue weighted by atomic mass is 35.5. The van der Waals surface area contributed by atoms with Gasteiger partial charge in [-0.3, -0.25) is 0 Å². The maximum Gasteiger partial charge on any atom is 0.225 e. The van der Waals surface area contributed by atoms with Crippen LogP contribution in [0.1, 0.15) is 29.7 Å². The molecule has 2 aromatic rings. The molecule has 1 aromatic carbocycles. The van der Waals surface area contributed by atoms with Crippen LogP contribution in [0.3, 0.4) is 0 Å². The van der Waals surface area contributed by atoms with Gasteiger partial charge in [0.25, 0.3) is 0 Å². The Hall–Kier alpha value is -1.58. The lowest BCUT2D eigenvalue weighted by atomic mass is 10.1. The zero-order chi connectivity index (χ0) is 14.0. The van der Waals surface area contributed by atoms with E-state index < -0.39 is 6.10 Å². The second-order valence-corrected chi connectivity index (χ2v) is 4.92. The standard InChI is InChI=1S/C15H16ClNO2/c1-9-7-12(8-10(2)14(9)16)19-15-13(11(3)18)5-4-6-17-15/h4-8,11,18H,1-3H3. The highest BCUT2D eigenvalue weighted by Gasteiger charge is 2.12. The number of halogens is 1. The van der Waals surface area contributed by atoms with Gasteiger partial charge in [0.05, 0.1) is 6.10 Å². The van der Waals surface area contributed by atoms with Crippen molar-refractivity contribution in [2.45, 2.75) is 26.9 Å².